The monoisotopic (exact) mass is 547 g/mol. The zero-order chi connectivity index (χ0) is 25.8. The summed E-state index contributed by atoms with van der Waals surface area (Å²) in [7, 11) is -2.75. The quantitative estimate of drug-likeness (QED) is 0.413. The number of nitrogens with two attached hydrogens (primary N) is 3. The fourth-order valence-corrected chi connectivity index (χ4v) is 7.39. The van der Waals surface area contributed by atoms with Crippen LogP contribution in [0.2, 0.25) is 5.02 Å². The molecule has 0 bridgehead atoms. The fraction of sp³-hybridized carbons (Fsp3) is 0.375. The second-order valence-electron chi connectivity index (χ2n) is 9.89. The van der Waals surface area contributed by atoms with Crippen LogP contribution in [0.1, 0.15) is 30.0 Å². The van der Waals surface area contributed by atoms with Gasteiger partial charge in [-0.2, -0.15) is 0 Å². The molecule has 2 aliphatic rings. The van der Waals surface area contributed by atoms with Gasteiger partial charge in [-0.25, -0.2) is 19.3 Å². The molecule has 5 rings (SSSR count). The maximum atomic E-state index is 14.7. The molecular weight excluding hydrogens is 520 g/mol. The predicted octanol–water partition coefficient (Wildman–Crippen LogP) is 4.07. The minimum Gasteiger partial charge on any atom is -0.382 e. The fourth-order valence-electron chi connectivity index (χ4n) is 5.23. The SMILES string of the molecule is CP(C)(=O)c1cc2c(cc1F)CC1(CCN(c3nc(N)cnc3Sc3ccnc(N)c3Cl)CC1)[C@@H]2N. The van der Waals surface area contributed by atoms with Gasteiger partial charge in [-0.3, -0.25) is 0 Å². The highest BCUT2D eigenvalue weighted by atomic mass is 35.5. The number of pyridine rings is 1. The van der Waals surface area contributed by atoms with Crippen molar-refractivity contribution in [3.05, 3.63) is 52.6 Å². The lowest BCUT2D eigenvalue weighted by atomic mass is 9.73. The molecule has 1 aliphatic carbocycles. The summed E-state index contributed by atoms with van der Waals surface area (Å²) in [4.78, 5) is 16.0. The Hall–Kier alpha value is -2.39. The number of benzene rings is 1. The van der Waals surface area contributed by atoms with E-state index in [4.69, 9.17) is 28.8 Å². The van der Waals surface area contributed by atoms with Gasteiger partial charge >= 0.3 is 0 Å². The second kappa shape index (κ2) is 9.17. The van der Waals surface area contributed by atoms with Gasteiger partial charge in [-0.1, -0.05) is 23.4 Å². The van der Waals surface area contributed by atoms with Crippen molar-refractivity contribution in [2.75, 3.05) is 42.8 Å². The van der Waals surface area contributed by atoms with E-state index in [0.717, 1.165) is 28.9 Å². The lowest BCUT2D eigenvalue weighted by Gasteiger charge is -2.42. The van der Waals surface area contributed by atoms with E-state index in [1.807, 2.05) is 0 Å². The van der Waals surface area contributed by atoms with Crippen molar-refractivity contribution in [3.63, 3.8) is 0 Å². The summed E-state index contributed by atoms with van der Waals surface area (Å²) in [5.74, 6) is 0.849. The number of fused-ring (bicyclic) bond motifs is 1. The van der Waals surface area contributed by atoms with Crippen LogP contribution in [0.25, 0.3) is 0 Å². The number of hydrogen-bond donors (Lipinski definition) is 3. The van der Waals surface area contributed by atoms with Crippen molar-refractivity contribution in [1.29, 1.82) is 0 Å². The number of piperidine rings is 1. The summed E-state index contributed by atoms with van der Waals surface area (Å²) in [6, 6.07) is 4.80. The number of hydrogen-bond acceptors (Lipinski definition) is 9. The molecule has 1 aliphatic heterocycles. The standard InChI is InChI=1S/C24H28ClFN7OPS/c1-35(2,34)16-10-14-13(9-15(16)26)11-24(20(14)28)4-7-33(8-5-24)22-23(31-12-18(27)32-22)36-17-3-6-30-21(29)19(17)25/h3,6,9-10,12,20H,4-5,7-8,11,28H2,1-2H3,(H2,27,32)(H2,29,30)/t20-/m1/s1. The highest BCUT2D eigenvalue weighted by Crippen LogP contribution is 2.52. The Balaban J connectivity index is 1.39. The number of nitrogen functional groups attached to an aromatic ring is 2. The first kappa shape index (κ1) is 25.3. The number of aromatic nitrogens is 3. The molecule has 190 valence electrons. The maximum Gasteiger partial charge on any atom is 0.164 e. The molecule has 6 N–H and O–H groups in total. The average molecular weight is 548 g/mol. The van der Waals surface area contributed by atoms with Crippen molar-refractivity contribution in [1.82, 2.24) is 15.0 Å². The lowest BCUT2D eigenvalue weighted by Crippen LogP contribution is -2.44. The maximum absolute atomic E-state index is 14.7. The van der Waals surface area contributed by atoms with Crippen molar-refractivity contribution in [3.8, 4) is 0 Å². The Morgan fingerprint density at radius 3 is 2.64 bits per heavy atom. The van der Waals surface area contributed by atoms with Crippen LogP contribution in [-0.2, 0) is 11.0 Å². The van der Waals surface area contributed by atoms with Gasteiger partial charge in [0, 0.05) is 35.5 Å². The van der Waals surface area contributed by atoms with Gasteiger partial charge in [-0.05, 0) is 67.3 Å². The highest BCUT2D eigenvalue weighted by Gasteiger charge is 2.47. The van der Waals surface area contributed by atoms with Crippen LogP contribution in [0.15, 0.2) is 40.5 Å². The first-order valence-electron chi connectivity index (χ1n) is 11.6. The van der Waals surface area contributed by atoms with E-state index in [-0.39, 0.29) is 22.6 Å². The Kier molecular flexibility index (Phi) is 6.44. The minimum absolute atomic E-state index is 0.195. The van der Waals surface area contributed by atoms with Crippen LogP contribution >= 0.6 is 30.5 Å². The van der Waals surface area contributed by atoms with E-state index < -0.39 is 13.0 Å². The lowest BCUT2D eigenvalue weighted by molar-refractivity contribution is 0.187. The zero-order valence-corrected chi connectivity index (χ0v) is 22.5. The average Bonchev–Trinajstić information content (AvgIpc) is 3.07. The molecule has 0 unspecified atom stereocenters. The first-order valence-corrected chi connectivity index (χ1v) is 15.4. The molecule has 1 atom stereocenters. The van der Waals surface area contributed by atoms with Gasteiger partial charge in [0.15, 0.2) is 5.82 Å². The highest BCUT2D eigenvalue weighted by molar-refractivity contribution is 7.99. The summed E-state index contributed by atoms with van der Waals surface area (Å²) in [6.07, 6.45) is 5.40. The predicted molar refractivity (Wildman–Crippen MR) is 144 cm³/mol. The summed E-state index contributed by atoms with van der Waals surface area (Å²) < 4.78 is 27.4. The first-order chi connectivity index (χ1) is 17.0. The zero-order valence-electron chi connectivity index (χ0n) is 20.0. The van der Waals surface area contributed by atoms with Gasteiger partial charge in [0.05, 0.1) is 11.2 Å². The van der Waals surface area contributed by atoms with Gasteiger partial charge < -0.3 is 26.7 Å². The van der Waals surface area contributed by atoms with Gasteiger partial charge in [0.1, 0.15) is 29.6 Å². The topological polar surface area (TPSA) is 137 Å². The molecule has 0 saturated carbocycles. The van der Waals surface area contributed by atoms with Crippen LogP contribution in [0.4, 0.5) is 21.8 Å². The van der Waals surface area contributed by atoms with Crippen molar-refractivity contribution >= 4 is 53.3 Å². The number of anilines is 3. The van der Waals surface area contributed by atoms with Crippen molar-refractivity contribution in [2.24, 2.45) is 11.1 Å². The molecule has 0 amide bonds. The van der Waals surface area contributed by atoms with E-state index in [9.17, 15) is 8.96 Å². The third kappa shape index (κ3) is 4.45. The Labute approximate surface area is 218 Å². The molecule has 1 fully saturated rings. The summed E-state index contributed by atoms with van der Waals surface area (Å²) >= 11 is 7.71. The molecule has 36 heavy (non-hydrogen) atoms. The number of rotatable bonds is 4. The van der Waals surface area contributed by atoms with Crippen LogP contribution in [0.3, 0.4) is 0 Å². The van der Waals surface area contributed by atoms with E-state index >= 15 is 0 Å². The minimum atomic E-state index is -2.75. The molecule has 3 heterocycles. The van der Waals surface area contributed by atoms with E-state index in [1.165, 1.54) is 24.0 Å². The Morgan fingerprint density at radius 1 is 1.22 bits per heavy atom. The van der Waals surface area contributed by atoms with Crippen molar-refractivity contribution < 1.29 is 8.96 Å². The largest absolute Gasteiger partial charge is 0.382 e. The van der Waals surface area contributed by atoms with Crippen LogP contribution in [0, 0.1) is 11.2 Å². The third-order valence-electron chi connectivity index (χ3n) is 7.21. The van der Waals surface area contributed by atoms with Gasteiger partial charge in [0.2, 0.25) is 0 Å². The van der Waals surface area contributed by atoms with Gasteiger partial charge in [-0.15, -0.1) is 0 Å². The molecule has 2 aromatic heterocycles. The van der Waals surface area contributed by atoms with E-state index in [2.05, 4.69) is 19.9 Å². The Bertz CT molecular complexity index is 1390. The van der Waals surface area contributed by atoms with Crippen LogP contribution in [-0.4, -0.2) is 41.4 Å². The molecule has 8 nitrogen and oxygen atoms in total. The third-order valence-corrected chi connectivity index (χ3v) is 10.3. The number of halogens is 2. The molecule has 0 radical (unpaired) electrons. The molecular formula is C24H28ClFN7OPS. The van der Waals surface area contributed by atoms with E-state index in [0.29, 0.717) is 41.2 Å². The number of nitrogens with zero attached hydrogens (tertiary/aromatic N) is 4. The molecule has 3 aromatic rings. The van der Waals surface area contributed by atoms with Crippen LogP contribution in [0.5, 0.6) is 0 Å². The summed E-state index contributed by atoms with van der Waals surface area (Å²) in [5.41, 5.74) is 20.3. The summed E-state index contributed by atoms with van der Waals surface area (Å²) in [6.45, 7) is 4.55. The molecule has 12 heteroatoms. The van der Waals surface area contributed by atoms with Gasteiger partial charge in [0.25, 0.3) is 0 Å². The van der Waals surface area contributed by atoms with Crippen molar-refractivity contribution in [2.45, 2.75) is 35.2 Å². The van der Waals surface area contributed by atoms with Crippen LogP contribution < -0.4 is 27.4 Å². The molecule has 1 aromatic carbocycles. The summed E-state index contributed by atoms with van der Waals surface area (Å²) in [5, 5.41) is 1.31. The Morgan fingerprint density at radius 2 is 1.94 bits per heavy atom. The molecule has 1 spiro atoms. The normalized spacial score (nSPS) is 19.0. The smallest absolute Gasteiger partial charge is 0.164 e. The second-order valence-corrected chi connectivity index (χ2v) is 14.5. The van der Waals surface area contributed by atoms with E-state index in [1.54, 1.807) is 31.7 Å². The molecule has 1 saturated heterocycles.